The van der Waals surface area contributed by atoms with Crippen molar-refractivity contribution in [2.24, 2.45) is 0 Å². The van der Waals surface area contributed by atoms with Crippen LogP contribution in [-0.4, -0.2) is 34.5 Å². The molecule has 1 aromatic heterocycles. The maximum atomic E-state index is 13.7. The van der Waals surface area contributed by atoms with Gasteiger partial charge in [0.15, 0.2) is 5.82 Å². The molecule has 1 aliphatic rings. The summed E-state index contributed by atoms with van der Waals surface area (Å²) in [5.74, 6) is -0.698. The lowest BCUT2D eigenvalue weighted by molar-refractivity contribution is 0.0938. The first-order valence-corrected chi connectivity index (χ1v) is 9.12. The van der Waals surface area contributed by atoms with Crippen LogP contribution in [0.4, 0.5) is 4.39 Å². The van der Waals surface area contributed by atoms with E-state index >= 15 is 0 Å². The molecule has 1 aliphatic heterocycles. The number of amides is 2. The van der Waals surface area contributed by atoms with Gasteiger partial charge in [0.25, 0.3) is 11.8 Å². The van der Waals surface area contributed by atoms with Crippen molar-refractivity contribution < 1.29 is 14.0 Å². The van der Waals surface area contributed by atoms with E-state index in [1.165, 1.54) is 6.07 Å². The van der Waals surface area contributed by atoms with Gasteiger partial charge in [0.1, 0.15) is 11.5 Å². The van der Waals surface area contributed by atoms with Gasteiger partial charge in [0, 0.05) is 19.6 Å². The summed E-state index contributed by atoms with van der Waals surface area (Å²) >= 11 is 0. The van der Waals surface area contributed by atoms with E-state index in [2.05, 4.69) is 22.2 Å². The van der Waals surface area contributed by atoms with Crippen LogP contribution < -0.4 is 10.6 Å². The topological polar surface area (TPSA) is 76.0 Å². The van der Waals surface area contributed by atoms with Crippen LogP contribution in [0.3, 0.4) is 0 Å². The average molecular weight is 370 g/mol. The fourth-order valence-electron chi connectivity index (χ4n) is 3.24. The van der Waals surface area contributed by atoms with Gasteiger partial charge >= 0.3 is 0 Å². The van der Waals surface area contributed by atoms with Crippen molar-refractivity contribution in [3.8, 4) is 0 Å². The SMILES string of the molecule is C=CCNC(=O)c1nc(C(=O)NCCc2ccccc2F)n2c1CCCC2. The van der Waals surface area contributed by atoms with Gasteiger partial charge in [-0.3, -0.25) is 9.59 Å². The minimum absolute atomic E-state index is 0.238. The van der Waals surface area contributed by atoms with Crippen LogP contribution in [0, 0.1) is 5.82 Å². The van der Waals surface area contributed by atoms with E-state index in [9.17, 15) is 14.0 Å². The first-order valence-electron chi connectivity index (χ1n) is 9.12. The molecule has 0 aliphatic carbocycles. The van der Waals surface area contributed by atoms with Crippen LogP contribution in [0.25, 0.3) is 0 Å². The number of halogens is 1. The van der Waals surface area contributed by atoms with Crippen LogP contribution in [0.5, 0.6) is 0 Å². The Morgan fingerprint density at radius 2 is 2.04 bits per heavy atom. The lowest BCUT2D eigenvalue weighted by atomic mass is 10.1. The van der Waals surface area contributed by atoms with E-state index in [4.69, 9.17) is 0 Å². The molecule has 2 N–H and O–H groups in total. The minimum Gasteiger partial charge on any atom is -0.349 e. The van der Waals surface area contributed by atoms with Crippen molar-refractivity contribution in [1.29, 1.82) is 0 Å². The molecule has 0 radical (unpaired) electrons. The number of benzene rings is 1. The zero-order valence-electron chi connectivity index (χ0n) is 15.1. The zero-order chi connectivity index (χ0) is 19.2. The second kappa shape index (κ2) is 8.62. The summed E-state index contributed by atoms with van der Waals surface area (Å²) in [6.07, 6.45) is 4.59. The predicted octanol–water partition coefficient (Wildman–Crippen LogP) is 2.25. The van der Waals surface area contributed by atoms with Gasteiger partial charge in [0.05, 0.1) is 5.69 Å². The van der Waals surface area contributed by atoms with Crippen LogP contribution in [0.15, 0.2) is 36.9 Å². The van der Waals surface area contributed by atoms with E-state index in [1.807, 2.05) is 4.57 Å². The van der Waals surface area contributed by atoms with E-state index < -0.39 is 0 Å². The maximum absolute atomic E-state index is 13.7. The Hall–Kier alpha value is -2.96. The average Bonchev–Trinajstić information content (AvgIpc) is 3.07. The summed E-state index contributed by atoms with van der Waals surface area (Å²) in [6.45, 7) is 4.88. The Balaban J connectivity index is 1.72. The summed E-state index contributed by atoms with van der Waals surface area (Å²) in [6, 6.07) is 6.49. The number of nitrogens with one attached hydrogen (secondary N) is 2. The Morgan fingerprint density at radius 3 is 2.81 bits per heavy atom. The third kappa shape index (κ3) is 4.24. The Morgan fingerprint density at radius 1 is 1.22 bits per heavy atom. The van der Waals surface area contributed by atoms with Crippen molar-refractivity contribution >= 4 is 11.8 Å². The van der Waals surface area contributed by atoms with Crippen molar-refractivity contribution in [2.75, 3.05) is 13.1 Å². The number of fused-ring (bicyclic) bond motifs is 1. The minimum atomic E-state index is -0.350. The van der Waals surface area contributed by atoms with Crippen LogP contribution in [0.2, 0.25) is 0 Å². The molecule has 7 heteroatoms. The monoisotopic (exact) mass is 370 g/mol. The fraction of sp³-hybridized carbons (Fsp3) is 0.350. The number of carbonyl (C=O) groups is 2. The van der Waals surface area contributed by atoms with Gasteiger partial charge in [-0.1, -0.05) is 24.3 Å². The van der Waals surface area contributed by atoms with Crippen molar-refractivity contribution in [3.05, 3.63) is 65.5 Å². The van der Waals surface area contributed by atoms with E-state index in [1.54, 1.807) is 24.3 Å². The number of hydrogen-bond acceptors (Lipinski definition) is 3. The first-order chi connectivity index (χ1) is 13.1. The Bertz CT molecular complexity index is 860. The summed E-state index contributed by atoms with van der Waals surface area (Å²) in [7, 11) is 0. The normalized spacial score (nSPS) is 12.9. The summed E-state index contributed by atoms with van der Waals surface area (Å²) < 4.78 is 15.5. The van der Waals surface area contributed by atoms with Crippen LogP contribution >= 0.6 is 0 Å². The number of aromatic nitrogens is 2. The first kappa shape index (κ1) is 18.8. The van der Waals surface area contributed by atoms with Gasteiger partial charge in [-0.05, 0) is 37.3 Å². The number of rotatable bonds is 7. The van der Waals surface area contributed by atoms with E-state index in [-0.39, 0.29) is 23.5 Å². The molecule has 0 saturated heterocycles. The molecule has 2 heterocycles. The highest BCUT2D eigenvalue weighted by atomic mass is 19.1. The van der Waals surface area contributed by atoms with Crippen LogP contribution in [0.1, 0.15) is 45.2 Å². The third-order valence-corrected chi connectivity index (χ3v) is 4.58. The molecular weight excluding hydrogens is 347 g/mol. The maximum Gasteiger partial charge on any atom is 0.287 e. The lowest BCUT2D eigenvalue weighted by Crippen LogP contribution is -2.29. The van der Waals surface area contributed by atoms with Crippen molar-refractivity contribution in [1.82, 2.24) is 20.2 Å². The summed E-state index contributed by atoms with van der Waals surface area (Å²) in [5.41, 5.74) is 1.64. The molecule has 142 valence electrons. The Labute approximate surface area is 157 Å². The number of carbonyl (C=O) groups excluding carboxylic acids is 2. The largest absolute Gasteiger partial charge is 0.349 e. The van der Waals surface area contributed by atoms with Gasteiger partial charge < -0.3 is 15.2 Å². The quantitative estimate of drug-likeness (QED) is 0.734. The molecule has 27 heavy (non-hydrogen) atoms. The second-order valence-corrected chi connectivity index (χ2v) is 6.44. The smallest absolute Gasteiger partial charge is 0.287 e. The highest BCUT2D eigenvalue weighted by Gasteiger charge is 2.27. The molecule has 0 fully saturated rings. The van der Waals surface area contributed by atoms with Crippen molar-refractivity contribution in [2.45, 2.75) is 32.2 Å². The zero-order valence-corrected chi connectivity index (χ0v) is 15.1. The molecule has 1 aromatic carbocycles. The molecule has 0 bridgehead atoms. The molecule has 2 aromatic rings. The highest BCUT2D eigenvalue weighted by molar-refractivity contribution is 5.97. The highest BCUT2D eigenvalue weighted by Crippen LogP contribution is 2.21. The standard InChI is InChI=1S/C20H23FN4O2/c1-2-11-22-19(26)17-16-9-5-6-13-25(16)18(24-17)20(27)23-12-10-14-7-3-4-8-15(14)21/h2-4,7-8H,1,5-6,9-13H2,(H,22,26)(H,23,27). The second-order valence-electron chi connectivity index (χ2n) is 6.44. The lowest BCUT2D eigenvalue weighted by Gasteiger charge is -2.17. The third-order valence-electron chi connectivity index (χ3n) is 4.58. The van der Waals surface area contributed by atoms with E-state index in [0.29, 0.717) is 43.7 Å². The molecule has 0 saturated carbocycles. The molecule has 0 spiro atoms. The molecule has 0 unspecified atom stereocenters. The number of hydrogen-bond donors (Lipinski definition) is 2. The number of imidazole rings is 1. The summed E-state index contributed by atoms with van der Waals surface area (Å²) in [4.78, 5) is 29.3. The molecule has 3 rings (SSSR count). The van der Waals surface area contributed by atoms with Gasteiger partial charge in [-0.15, -0.1) is 6.58 Å². The van der Waals surface area contributed by atoms with Gasteiger partial charge in [-0.2, -0.15) is 0 Å². The van der Waals surface area contributed by atoms with Gasteiger partial charge in [-0.25, -0.2) is 9.37 Å². The Kier molecular flexibility index (Phi) is 6.01. The molecule has 2 amide bonds. The number of nitrogens with zero attached hydrogens (tertiary/aromatic N) is 2. The molecule has 0 atom stereocenters. The fourth-order valence-corrected chi connectivity index (χ4v) is 3.24. The molecule has 6 nitrogen and oxygen atoms in total. The summed E-state index contributed by atoms with van der Waals surface area (Å²) in [5, 5.41) is 5.50. The predicted molar refractivity (Wildman–Crippen MR) is 100 cm³/mol. The molecular formula is C20H23FN4O2. The van der Waals surface area contributed by atoms with Gasteiger partial charge in [0.2, 0.25) is 0 Å². The van der Waals surface area contributed by atoms with Crippen molar-refractivity contribution in [3.63, 3.8) is 0 Å². The van der Waals surface area contributed by atoms with Crippen LogP contribution in [-0.2, 0) is 19.4 Å². The van der Waals surface area contributed by atoms with E-state index in [0.717, 1.165) is 18.5 Å².